The SMILES string of the molecule is CC1CC(C)CC(OCC(NC(C)C)(C(=O)O)C2CC2)C1. The van der Waals surface area contributed by atoms with Gasteiger partial charge in [-0.05, 0) is 63.7 Å². The Morgan fingerprint density at radius 1 is 1.24 bits per heavy atom. The van der Waals surface area contributed by atoms with Crippen LogP contribution in [-0.2, 0) is 9.53 Å². The van der Waals surface area contributed by atoms with Gasteiger partial charge in [-0.3, -0.25) is 10.1 Å². The molecule has 3 unspecified atom stereocenters. The molecule has 0 amide bonds. The van der Waals surface area contributed by atoms with Gasteiger partial charge in [-0.1, -0.05) is 13.8 Å². The fraction of sp³-hybridized carbons (Fsp3) is 0.941. The molecule has 0 aromatic heterocycles. The second-order valence-corrected chi connectivity index (χ2v) is 7.70. The molecule has 0 spiro atoms. The minimum Gasteiger partial charge on any atom is -0.480 e. The normalized spacial score (nSPS) is 32.9. The Morgan fingerprint density at radius 2 is 1.81 bits per heavy atom. The minimum atomic E-state index is -0.891. The smallest absolute Gasteiger partial charge is 0.326 e. The first-order valence-electron chi connectivity index (χ1n) is 8.46. The van der Waals surface area contributed by atoms with E-state index in [1.807, 2.05) is 13.8 Å². The second kappa shape index (κ2) is 6.66. The summed E-state index contributed by atoms with van der Waals surface area (Å²) in [7, 11) is 0. The van der Waals surface area contributed by atoms with Gasteiger partial charge < -0.3 is 9.84 Å². The number of hydrogen-bond acceptors (Lipinski definition) is 3. The number of ether oxygens (including phenoxy) is 1. The van der Waals surface area contributed by atoms with Crippen LogP contribution >= 0.6 is 0 Å². The molecule has 0 bridgehead atoms. The van der Waals surface area contributed by atoms with Crippen molar-refractivity contribution in [3.63, 3.8) is 0 Å². The van der Waals surface area contributed by atoms with E-state index in [1.54, 1.807) is 0 Å². The van der Waals surface area contributed by atoms with Gasteiger partial charge in [0.25, 0.3) is 0 Å². The molecule has 0 aliphatic heterocycles. The zero-order valence-corrected chi connectivity index (χ0v) is 13.9. The summed E-state index contributed by atoms with van der Waals surface area (Å²) >= 11 is 0. The van der Waals surface area contributed by atoms with Crippen molar-refractivity contribution in [1.82, 2.24) is 5.32 Å². The van der Waals surface area contributed by atoms with Crippen molar-refractivity contribution in [3.05, 3.63) is 0 Å². The zero-order chi connectivity index (χ0) is 15.6. The van der Waals surface area contributed by atoms with Crippen LogP contribution in [0.15, 0.2) is 0 Å². The van der Waals surface area contributed by atoms with Crippen molar-refractivity contribution >= 4 is 5.97 Å². The lowest BCUT2D eigenvalue weighted by Gasteiger charge is -2.37. The monoisotopic (exact) mass is 297 g/mol. The summed E-state index contributed by atoms with van der Waals surface area (Å²) in [5.41, 5.74) is -0.891. The molecule has 0 radical (unpaired) electrons. The van der Waals surface area contributed by atoms with Crippen LogP contribution in [0.25, 0.3) is 0 Å². The molecule has 2 saturated carbocycles. The first-order chi connectivity index (χ1) is 9.83. The number of carboxylic acid groups (broad SMARTS) is 1. The lowest BCUT2D eigenvalue weighted by molar-refractivity contribution is -0.151. The van der Waals surface area contributed by atoms with E-state index < -0.39 is 11.5 Å². The summed E-state index contributed by atoms with van der Waals surface area (Å²) in [6, 6.07) is 0.148. The van der Waals surface area contributed by atoms with Crippen molar-refractivity contribution in [2.75, 3.05) is 6.61 Å². The van der Waals surface area contributed by atoms with Crippen molar-refractivity contribution in [2.24, 2.45) is 17.8 Å². The summed E-state index contributed by atoms with van der Waals surface area (Å²) in [6.45, 7) is 8.85. The van der Waals surface area contributed by atoms with Crippen LogP contribution in [0, 0.1) is 17.8 Å². The molecule has 2 aliphatic rings. The maximum Gasteiger partial charge on any atom is 0.326 e. The van der Waals surface area contributed by atoms with Gasteiger partial charge in [0, 0.05) is 6.04 Å². The van der Waals surface area contributed by atoms with Gasteiger partial charge in [-0.25, -0.2) is 0 Å². The third-order valence-electron chi connectivity index (χ3n) is 4.88. The van der Waals surface area contributed by atoms with Gasteiger partial charge in [0.15, 0.2) is 0 Å². The molecule has 0 aromatic rings. The van der Waals surface area contributed by atoms with Crippen LogP contribution < -0.4 is 5.32 Å². The highest BCUT2D eigenvalue weighted by Gasteiger charge is 2.52. The molecule has 2 N–H and O–H groups in total. The average molecular weight is 297 g/mol. The van der Waals surface area contributed by atoms with E-state index >= 15 is 0 Å². The highest BCUT2D eigenvalue weighted by Crippen LogP contribution is 2.41. The average Bonchev–Trinajstić information content (AvgIpc) is 3.16. The molecule has 0 heterocycles. The highest BCUT2D eigenvalue weighted by molar-refractivity contribution is 5.80. The van der Waals surface area contributed by atoms with E-state index in [2.05, 4.69) is 19.2 Å². The predicted molar refractivity (Wildman–Crippen MR) is 83.3 cm³/mol. The van der Waals surface area contributed by atoms with Crippen molar-refractivity contribution in [3.8, 4) is 0 Å². The Labute approximate surface area is 128 Å². The van der Waals surface area contributed by atoms with Crippen molar-refractivity contribution < 1.29 is 14.6 Å². The first-order valence-corrected chi connectivity index (χ1v) is 8.46. The molecule has 3 atom stereocenters. The Balaban J connectivity index is 2.00. The predicted octanol–water partition coefficient (Wildman–Crippen LogP) is 3.06. The van der Waals surface area contributed by atoms with Crippen LogP contribution in [0.4, 0.5) is 0 Å². The van der Waals surface area contributed by atoms with E-state index in [-0.39, 0.29) is 18.1 Å². The molecule has 122 valence electrons. The highest BCUT2D eigenvalue weighted by atomic mass is 16.5. The zero-order valence-electron chi connectivity index (χ0n) is 13.9. The number of hydrogen-bond donors (Lipinski definition) is 2. The van der Waals surface area contributed by atoms with Crippen LogP contribution in [0.1, 0.15) is 59.8 Å². The van der Waals surface area contributed by atoms with E-state index in [1.165, 1.54) is 6.42 Å². The Hall–Kier alpha value is -0.610. The fourth-order valence-electron chi connectivity index (χ4n) is 3.93. The molecular weight excluding hydrogens is 266 g/mol. The number of nitrogens with one attached hydrogen (secondary N) is 1. The van der Waals surface area contributed by atoms with E-state index in [9.17, 15) is 9.90 Å². The quantitative estimate of drug-likeness (QED) is 0.758. The summed E-state index contributed by atoms with van der Waals surface area (Å²) in [5.74, 6) is 0.820. The van der Waals surface area contributed by atoms with Crippen LogP contribution in [0.2, 0.25) is 0 Å². The maximum atomic E-state index is 11.9. The fourth-order valence-corrected chi connectivity index (χ4v) is 3.93. The number of aliphatic carboxylic acids is 1. The molecule has 21 heavy (non-hydrogen) atoms. The van der Waals surface area contributed by atoms with Gasteiger partial charge in [0.05, 0.1) is 12.7 Å². The third kappa shape index (κ3) is 4.19. The lowest BCUT2D eigenvalue weighted by Crippen LogP contribution is -2.60. The number of carboxylic acids is 1. The minimum absolute atomic E-state index is 0.148. The number of rotatable bonds is 7. The topological polar surface area (TPSA) is 58.6 Å². The largest absolute Gasteiger partial charge is 0.480 e. The van der Waals surface area contributed by atoms with E-state index in [0.29, 0.717) is 18.4 Å². The van der Waals surface area contributed by atoms with Crippen molar-refractivity contribution in [2.45, 2.75) is 77.5 Å². The maximum absolute atomic E-state index is 11.9. The third-order valence-corrected chi connectivity index (χ3v) is 4.88. The molecular formula is C17H31NO3. The van der Waals surface area contributed by atoms with Gasteiger partial charge in [0.2, 0.25) is 0 Å². The van der Waals surface area contributed by atoms with Crippen molar-refractivity contribution in [1.29, 1.82) is 0 Å². The van der Waals surface area contributed by atoms with Crippen LogP contribution in [0.3, 0.4) is 0 Å². The first kappa shape index (κ1) is 16.8. The molecule has 2 fully saturated rings. The summed E-state index contributed by atoms with van der Waals surface area (Å²) in [5, 5.41) is 13.1. The Kier molecular flexibility index (Phi) is 5.31. The van der Waals surface area contributed by atoms with E-state index in [0.717, 1.165) is 25.7 Å². The molecule has 4 heteroatoms. The molecule has 2 aliphatic carbocycles. The lowest BCUT2D eigenvalue weighted by atomic mass is 9.81. The summed E-state index contributed by atoms with van der Waals surface area (Å²) in [6.07, 6.45) is 5.59. The van der Waals surface area contributed by atoms with Gasteiger partial charge in [0.1, 0.15) is 5.54 Å². The Morgan fingerprint density at radius 3 is 2.24 bits per heavy atom. The number of carbonyl (C=O) groups is 1. The summed E-state index contributed by atoms with van der Waals surface area (Å²) in [4.78, 5) is 11.9. The van der Waals surface area contributed by atoms with Gasteiger partial charge in [-0.15, -0.1) is 0 Å². The summed E-state index contributed by atoms with van der Waals surface area (Å²) < 4.78 is 6.11. The van der Waals surface area contributed by atoms with Crippen LogP contribution in [0.5, 0.6) is 0 Å². The van der Waals surface area contributed by atoms with Gasteiger partial charge >= 0.3 is 5.97 Å². The van der Waals surface area contributed by atoms with Crippen LogP contribution in [-0.4, -0.2) is 35.4 Å². The molecule has 4 nitrogen and oxygen atoms in total. The second-order valence-electron chi connectivity index (χ2n) is 7.70. The van der Waals surface area contributed by atoms with Gasteiger partial charge in [-0.2, -0.15) is 0 Å². The van der Waals surface area contributed by atoms with E-state index in [4.69, 9.17) is 4.74 Å². The molecule has 2 rings (SSSR count). The molecule has 0 saturated heterocycles. The molecule has 0 aromatic carbocycles. The standard InChI is InChI=1S/C17H31NO3/c1-11(2)18-17(16(19)20,14-5-6-14)10-21-15-8-12(3)7-13(4)9-15/h11-15,18H,5-10H2,1-4H3,(H,19,20). The Bertz CT molecular complexity index is 357.